The van der Waals surface area contributed by atoms with Crippen molar-refractivity contribution >= 4 is 5.91 Å². The monoisotopic (exact) mass is 271 g/mol. The van der Waals surface area contributed by atoms with Crippen molar-refractivity contribution in [1.29, 1.82) is 0 Å². The molecule has 0 bridgehead atoms. The summed E-state index contributed by atoms with van der Waals surface area (Å²) in [7, 11) is 0. The molecule has 0 spiro atoms. The molecule has 1 amide bonds. The smallest absolute Gasteiger partial charge is 0.251 e. The maximum Gasteiger partial charge on any atom is 0.251 e. The van der Waals surface area contributed by atoms with Crippen LogP contribution in [0.3, 0.4) is 0 Å². The number of carbonyl (C=O) groups excluding carboxylic acids is 1. The molecule has 4 heteroatoms. The van der Waals surface area contributed by atoms with E-state index >= 15 is 0 Å². The van der Waals surface area contributed by atoms with Crippen molar-refractivity contribution in [1.82, 2.24) is 14.9 Å². The van der Waals surface area contributed by atoms with E-state index in [0.717, 1.165) is 18.5 Å². The molecule has 1 aromatic heterocycles. The Labute approximate surface area is 119 Å². The van der Waals surface area contributed by atoms with Crippen LogP contribution in [-0.2, 0) is 6.54 Å². The number of benzene rings is 1. The van der Waals surface area contributed by atoms with E-state index in [1.54, 1.807) is 12.5 Å². The number of nitrogens with one attached hydrogen (secondary N) is 1. The van der Waals surface area contributed by atoms with Crippen LogP contribution in [-0.4, -0.2) is 22.0 Å². The molecular weight excluding hydrogens is 250 g/mol. The number of nitrogens with zero attached hydrogens (tertiary/aromatic N) is 2. The third-order valence-electron chi connectivity index (χ3n) is 3.28. The van der Waals surface area contributed by atoms with Crippen molar-refractivity contribution < 1.29 is 4.79 Å². The molecule has 1 N–H and O–H groups in total. The lowest BCUT2D eigenvalue weighted by Crippen LogP contribution is -2.25. The number of hydrogen-bond donors (Lipinski definition) is 1. The predicted molar refractivity (Wildman–Crippen MR) is 79.7 cm³/mol. The van der Waals surface area contributed by atoms with Gasteiger partial charge in [0.25, 0.3) is 5.91 Å². The van der Waals surface area contributed by atoms with Crippen molar-refractivity contribution in [3.8, 4) is 0 Å². The maximum atomic E-state index is 12.0. The van der Waals surface area contributed by atoms with Crippen LogP contribution in [0.4, 0.5) is 0 Å². The number of aryl methyl sites for hydroxylation is 1. The van der Waals surface area contributed by atoms with Gasteiger partial charge in [-0.2, -0.15) is 0 Å². The molecule has 0 atom stereocenters. The topological polar surface area (TPSA) is 46.9 Å². The van der Waals surface area contributed by atoms with Crippen molar-refractivity contribution in [2.45, 2.75) is 32.7 Å². The summed E-state index contributed by atoms with van der Waals surface area (Å²) < 4.78 is 2.00. The second kappa shape index (κ2) is 6.89. The summed E-state index contributed by atoms with van der Waals surface area (Å²) in [6, 6.07) is 7.82. The third kappa shape index (κ3) is 3.95. The fourth-order valence-corrected chi connectivity index (χ4v) is 2.00. The van der Waals surface area contributed by atoms with Crippen LogP contribution < -0.4 is 5.32 Å². The predicted octanol–water partition coefficient (Wildman–Crippen LogP) is 2.83. The molecule has 4 nitrogen and oxygen atoms in total. The van der Waals surface area contributed by atoms with E-state index in [-0.39, 0.29) is 5.91 Å². The first kappa shape index (κ1) is 14.3. The average molecular weight is 271 g/mol. The Balaban J connectivity index is 1.76. The zero-order chi connectivity index (χ0) is 14.4. The summed E-state index contributed by atoms with van der Waals surface area (Å²) in [6.07, 6.45) is 6.36. The van der Waals surface area contributed by atoms with Crippen LogP contribution in [0.25, 0.3) is 0 Å². The second-order valence-electron chi connectivity index (χ2n) is 5.19. The zero-order valence-corrected chi connectivity index (χ0v) is 12.0. The Hall–Kier alpha value is -2.10. The molecule has 0 aliphatic rings. The summed E-state index contributed by atoms with van der Waals surface area (Å²) in [4.78, 5) is 15.9. The Morgan fingerprint density at radius 3 is 2.65 bits per heavy atom. The van der Waals surface area contributed by atoms with Gasteiger partial charge >= 0.3 is 0 Å². The standard InChI is InChI=1S/C16H21N3O/c1-13(2)14-4-6-15(7-5-14)16(20)18-8-3-10-19-11-9-17-12-19/h4-7,9,11-13H,3,8,10H2,1-2H3,(H,18,20). The van der Waals surface area contributed by atoms with Crippen LogP contribution in [0, 0.1) is 0 Å². The summed E-state index contributed by atoms with van der Waals surface area (Å²) in [5.41, 5.74) is 1.97. The van der Waals surface area contributed by atoms with E-state index in [1.165, 1.54) is 5.56 Å². The normalized spacial score (nSPS) is 10.8. The van der Waals surface area contributed by atoms with Crippen molar-refractivity contribution in [2.75, 3.05) is 6.54 Å². The van der Waals surface area contributed by atoms with Crippen LogP contribution in [0.2, 0.25) is 0 Å². The van der Waals surface area contributed by atoms with E-state index in [9.17, 15) is 4.79 Å². The van der Waals surface area contributed by atoms with Gasteiger partial charge in [-0.05, 0) is 30.0 Å². The van der Waals surface area contributed by atoms with Crippen molar-refractivity contribution in [2.24, 2.45) is 0 Å². The third-order valence-corrected chi connectivity index (χ3v) is 3.28. The van der Waals surface area contributed by atoms with Gasteiger partial charge in [0.1, 0.15) is 0 Å². The van der Waals surface area contributed by atoms with Crippen LogP contribution >= 0.6 is 0 Å². The maximum absolute atomic E-state index is 12.0. The first-order valence-corrected chi connectivity index (χ1v) is 7.00. The van der Waals surface area contributed by atoms with Gasteiger partial charge in [-0.15, -0.1) is 0 Å². The van der Waals surface area contributed by atoms with Crippen molar-refractivity contribution in [3.05, 3.63) is 54.1 Å². The Kier molecular flexibility index (Phi) is 4.93. The molecule has 2 rings (SSSR count). The fraction of sp³-hybridized carbons (Fsp3) is 0.375. The van der Waals surface area contributed by atoms with E-state index in [4.69, 9.17) is 0 Å². The quantitative estimate of drug-likeness (QED) is 0.821. The molecule has 20 heavy (non-hydrogen) atoms. The molecule has 0 fully saturated rings. The summed E-state index contributed by atoms with van der Waals surface area (Å²) in [6.45, 7) is 5.83. The highest BCUT2D eigenvalue weighted by atomic mass is 16.1. The molecule has 0 aliphatic heterocycles. The number of aromatic nitrogens is 2. The van der Waals surface area contributed by atoms with E-state index in [2.05, 4.69) is 24.1 Å². The molecule has 0 radical (unpaired) electrons. The second-order valence-corrected chi connectivity index (χ2v) is 5.19. The van der Waals surface area contributed by atoms with Gasteiger partial charge in [0, 0.05) is 31.0 Å². The number of rotatable bonds is 6. The zero-order valence-electron chi connectivity index (χ0n) is 12.0. The minimum absolute atomic E-state index is 0.00839. The molecule has 0 aliphatic carbocycles. The molecule has 0 saturated heterocycles. The van der Waals surface area contributed by atoms with Crippen LogP contribution in [0.1, 0.15) is 42.1 Å². The molecule has 0 unspecified atom stereocenters. The number of amides is 1. The lowest BCUT2D eigenvalue weighted by atomic mass is 10.0. The number of carbonyl (C=O) groups is 1. The largest absolute Gasteiger partial charge is 0.352 e. The average Bonchev–Trinajstić information content (AvgIpc) is 2.96. The number of hydrogen-bond acceptors (Lipinski definition) is 2. The van der Waals surface area contributed by atoms with Crippen molar-refractivity contribution in [3.63, 3.8) is 0 Å². The van der Waals surface area contributed by atoms with E-state index in [1.807, 2.05) is 35.0 Å². The molecule has 1 heterocycles. The summed E-state index contributed by atoms with van der Waals surface area (Å²) >= 11 is 0. The fourth-order valence-electron chi connectivity index (χ4n) is 2.00. The minimum Gasteiger partial charge on any atom is -0.352 e. The van der Waals surface area contributed by atoms with Crippen LogP contribution in [0.5, 0.6) is 0 Å². The summed E-state index contributed by atoms with van der Waals surface area (Å²) in [5, 5.41) is 2.94. The molecule has 1 aromatic carbocycles. The molecular formula is C16H21N3O. The first-order chi connectivity index (χ1) is 9.66. The highest BCUT2D eigenvalue weighted by molar-refractivity contribution is 5.94. The van der Waals surface area contributed by atoms with E-state index < -0.39 is 0 Å². The SMILES string of the molecule is CC(C)c1ccc(C(=O)NCCCn2ccnc2)cc1. The van der Waals surface area contributed by atoms with Gasteiger partial charge in [-0.25, -0.2) is 4.98 Å². The van der Waals surface area contributed by atoms with Gasteiger partial charge in [0.05, 0.1) is 6.33 Å². The highest BCUT2D eigenvalue weighted by Crippen LogP contribution is 2.14. The summed E-state index contributed by atoms with van der Waals surface area (Å²) in [5.74, 6) is 0.480. The van der Waals surface area contributed by atoms with Gasteiger partial charge in [0.2, 0.25) is 0 Å². The van der Waals surface area contributed by atoms with Gasteiger partial charge in [-0.3, -0.25) is 4.79 Å². The molecule has 106 valence electrons. The number of imidazole rings is 1. The minimum atomic E-state index is -0.00839. The molecule has 2 aromatic rings. The van der Waals surface area contributed by atoms with Crippen LogP contribution in [0.15, 0.2) is 43.0 Å². The lowest BCUT2D eigenvalue weighted by Gasteiger charge is -2.08. The molecule has 0 saturated carbocycles. The van der Waals surface area contributed by atoms with E-state index in [0.29, 0.717) is 12.5 Å². The Morgan fingerprint density at radius 1 is 1.30 bits per heavy atom. The highest BCUT2D eigenvalue weighted by Gasteiger charge is 2.05. The Bertz CT molecular complexity index is 529. The lowest BCUT2D eigenvalue weighted by molar-refractivity contribution is 0.0952. The van der Waals surface area contributed by atoms with Gasteiger partial charge < -0.3 is 9.88 Å². The van der Waals surface area contributed by atoms with Gasteiger partial charge in [0.15, 0.2) is 0 Å². The van der Waals surface area contributed by atoms with Gasteiger partial charge in [-0.1, -0.05) is 26.0 Å². The Morgan fingerprint density at radius 2 is 2.05 bits per heavy atom. The first-order valence-electron chi connectivity index (χ1n) is 7.00.